The summed E-state index contributed by atoms with van der Waals surface area (Å²) < 4.78 is 12.2. The molecule has 0 heterocycles. The fraction of sp³-hybridized carbons (Fsp3) is 0.406. The molecule has 37 heavy (non-hydrogen) atoms. The molecule has 0 amide bonds. The summed E-state index contributed by atoms with van der Waals surface area (Å²) in [5.41, 5.74) is 8.54. The van der Waals surface area contributed by atoms with Crippen molar-refractivity contribution in [3.05, 3.63) is 82.4 Å². The Morgan fingerprint density at radius 2 is 1.84 bits per heavy atom. The van der Waals surface area contributed by atoms with Crippen LogP contribution in [0.15, 0.2) is 54.6 Å². The van der Waals surface area contributed by atoms with Gasteiger partial charge >= 0.3 is 5.97 Å². The second kappa shape index (κ2) is 10.4. The highest BCUT2D eigenvalue weighted by Crippen LogP contribution is 2.68. The molecule has 2 aliphatic carbocycles. The number of aryl methyl sites for hydroxylation is 2. The van der Waals surface area contributed by atoms with Crippen LogP contribution in [0.1, 0.15) is 59.9 Å². The van der Waals surface area contributed by atoms with E-state index in [1.807, 2.05) is 17.8 Å². The van der Waals surface area contributed by atoms with Crippen molar-refractivity contribution in [1.29, 1.82) is 0 Å². The van der Waals surface area contributed by atoms with Crippen LogP contribution in [-0.2, 0) is 16.8 Å². The quantitative estimate of drug-likeness (QED) is 0.267. The Labute approximate surface area is 224 Å². The first-order valence-corrected chi connectivity index (χ1v) is 14.5. The van der Waals surface area contributed by atoms with Gasteiger partial charge in [0.2, 0.25) is 0 Å². The van der Waals surface area contributed by atoms with E-state index in [4.69, 9.17) is 9.47 Å². The van der Waals surface area contributed by atoms with Gasteiger partial charge in [-0.25, -0.2) is 0 Å². The molecule has 0 aromatic heterocycles. The van der Waals surface area contributed by atoms with Gasteiger partial charge in [-0.1, -0.05) is 31.2 Å². The van der Waals surface area contributed by atoms with Crippen molar-refractivity contribution in [1.82, 2.24) is 0 Å². The zero-order chi connectivity index (χ0) is 26.2. The van der Waals surface area contributed by atoms with E-state index in [1.54, 1.807) is 0 Å². The molecule has 0 bridgehead atoms. The number of carboxylic acids is 1. The van der Waals surface area contributed by atoms with Gasteiger partial charge in [0.05, 0.1) is 13.0 Å². The highest BCUT2D eigenvalue weighted by atomic mass is 32.2. The summed E-state index contributed by atoms with van der Waals surface area (Å²) in [7, 11) is 0. The highest BCUT2D eigenvalue weighted by Gasteiger charge is 2.61. The van der Waals surface area contributed by atoms with Crippen molar-refractivity contribution in [3.8, 4) is 22.6 Å². The Morgan fingerprint density at radius 3 is 2.57 bits per heavy atom. The fourth-order valence-corrected chi connectivity index (χ4v) is 6.64. The molecule has 3 aromatic carbocycles. The number of hydrogen-bond acceptors (Lipinski definition) is 4. The molecule has 1 saturated carbocycles. The number of carboxylic acid groups (broad SMARTS) is 1. The van der Waals surface area contributed by atoms with E-state index in [-0.39, 0.29) is 17.8 Å². The standard InChI is InChI=1S/C32H36O4S/c1-20-13-25(35-11-6-12-37-4)14-21(2)31(20)23-8-5-7-22(15-23)19-36-24-9-10-26-27(17-30(33)34)29-18-32(29,3)28(26)16-24/h5,7-10,13-16,27,29H,6,11-12,17-19H2,1-4H3,(H,33,34). The van der Waals surface area contributed by atoms with E-state index in [2.05, 4.69) is 75.6 Å². The van der Waals surface area contributed by atoms with E-state index in [0.717, 1.165) is 42.3 Å². The van der Waals surface area contributed by atoms with Crippen molar-refractivity contribution in [2.24, 2.45) is 5.92 Å². The lowest BCUT2D eigenvalue weighted by Gasteiger charge is -2.16. The predicted molar refractivity (Wildman–Crippen MR) is 151 cm³/mol. The van der Waals surface area contributed by atoms with Gasteiger partial charge in [0, 0.05) is 0 Å². The topological polar surface area (TPSA) is 55.8 Å². The van der Waals surface area contributed by atoms with Gasteiger partial charge in [0.1, 0.15) is 18.1 Å². The van der Waals surface area contributed by atoms with Gasteiger partial charge in [0.25, 0.3) is 0 Å². The van der Waals surface area contributed by atoms with E-state index < -0.39 is 5.97 Å². The molecule has 0 spiro atoms. The van der Waals surface area contributed by atoms with Crippen molar-refractivity contribution >= 4 is 17.7 Å². The van der Waals surface area contributed by atoms with Gasteiger partial charge in [0.15, 0.2) is 0 Å². The minimum absolute atomic E-state index is 0.106. The highest BCUT2D eigenvalue weighted by molar-refractivity contribution is 7.98. The summed E-state index contributed by atoms with van der Waals surface area (Å²) in [5.74, 6) is 2.76. The molecule has 0 aliphatic heterocycles. The Kier molecular flexibility index (Phi) is 7.26. The van der Waals surface area contributed by atoms with E-state index in [0.29, 0.717) is 12.5 Å². The number of ether oxygens (including phenoxy) is 2. The first-order valence-electron chi connectivity index (χ1n) is 13.1. The molecule has 3 unspecified atom stereocenters. The smallest absolute Gasteiger partial charge is 0.303 e. The second-order valence-corrected chi connectivity index (χ2v) is 11.8. The van der Waals surface area contributed by atoms with Gasteiger partial charge < -0.3 is 14.6 Å². The molecule has 0 radical (unpaired) electrons. The van der Waals surface area contributed by atoms with Crippen LogP contribution in [0.4, 0.5) is 0 Å². The lowest BCUT2D eigenvalue weighted by atomic mass is 9.92. The number of rotatable bonds is 11. The van der Waals surface area contributed by atoms with Crippen LogP contribution in [0, 0.1) is 19.8 Å². The molecular weight excluding hydrogens is 480 g/mol. The maximum Gasteiger partial charge on any atom is 0.303 e. The summed E-state index contributed by atoms with van der Waals surface area (Å²) in [6, 6.07) is 19.1. The summed E-state index contributed by atoms with van der Waals surface area (Å²) in [4.78, 5) is 11.4. The van der Waals surface area contributed by atoms with Crippen molar-refractivity contribution in [2.45, 2.75) is 58.0 Å². The Balaban J connectivity index is 1.29. The number of carbonyl (C=O) groups is 1. The minimum Gasteiger partial charge on any atom is -0.494 e. The molecule has 3 atom stereocenters. The summed E-state index contributed by atoms with van der Waals surface area (Å²) >= 11 is 1.85. The molecular formula is C32H36O4S. The summed E-state index contributed by atoms with van der Waals surface area (Å²) in [5, 5.41) is 9.36. The molecule has 0 saturated heterocycles. The van der Waals surface area contributed by atoms with Crippen LogP contribution in [0.2, 0.25) is 0 Å². The number of fused-ring (bicyclic) bond motifs is 3. The maximum atomic E-state index is 11.4. The average Bonchev–Trinajstić information content (AvgIpc) is 3.50. The Morgan fingerprint density at radius 1 is 1.05 bits per heavy atom. The van der Waals surface area contributed by atoms with Crippen molar-refractivity contribution in [3.63, 3.8) is 0 Å². The monoisotopic (exact) mass is 516 g/mol. The third kappa shape index (κ3) is 5.24. The van der Waals surface area contributed by atoms with Crippen LogP contribution in [0.5, 0.6) is 11.5 Å². The summed E-state index contributed by atoms with van der Waals surface area (Å²) in [6.45, 7) is 7.79. The number of aliphatic carboxylic acids is 1. The van der Waals surface area contributed by atoms with Crippen molar-refractivity contribution in [2.75, 3.05) is 18.6 Å². The normalized spacial score (nSPS) is 21.3. The lowest BCUT2D eigenvalue weighted by molar-refractivity contribution is -0.137. The van der Waals surface area contributed by atoms with Gasteiger partial charge in [-0.05, 0) is 125 Å². The lowest BCUT2D eigenvalue weighted by Crippen LogP contribution is -2.06. The summed E-state index contributed by atoms with van der Waals surface area (Å²) in [6.07, 6.45) is 4.46. The number of thioether (sulfide) groups is 1. The third-order valence-corrected chi connectivity index (χ3v) is 8.81. The molecule has 5 rings (SSSR count). The van der Waals surface area contributed by atoms with E-state index in [9.17, 15) is 9.90 Å². The van der Waals surface area contributed by atoms with Crippen molar-refractivity contribution < 1.29 is 19.4 Å². The number of hydrogen-bond donors (Lipinski definition) is 1. The maximum absolute atomic E-state index is 11.4. The predicted octanol–water partition coefficient (Wildman–Crippen LogP) is 7.53. The van der Waals surface area contributed by atoms with Gasteiger partial charge in [-0.2, -0.15) is 11.8 Å². The fourth-order valence-electron chi connectivity index (χ4n) is 6.23. The Bertz CT molecular complexity index is 1290. The largest absolute Gasteiger partial charge is 0.494 e. The van der Waals surface area contributed by atoms with E-state index >= 15 is 0 Å². The van der Waals surface area contributed by atoms with Gasteiger partial charge in [-0.15, -0.1) is 0 Å². The molecule has 1 N–H and O–H groups in total. The molecule has 3 aromatic rings. The molecule has 1 fully saturated rings. The van der Waals surface area contributed by atoms with E-state index in [1.165, 1.54) is 33.4 Å². The second-order valence-electron chi connectivity index (χ2n) is 10.8. The van der Waals surface area contributed by atoms with Crippen LogP contribution >= 0.6 is 11.8 Å². The zero-order valence-electron chi connectivity index (χ0n) is 22.2. The number of benzene rings is 3. The Hall–Kier alpha value is -2.92. The zero-order valence-corrected chi connectivity index (χ0v) is 23.0. The van der Waals surface area contributed by atoms with Gasteiger partial charge in [-0.3, -0.25) is 4.79 Å². The SMILES string of the molecule is CSCCCOc1cc(C)c(-c2cccc(COc3ccc4c(c3)C3(C)CC3C4CC(=O)O)c2)c(C)c1. The van der Waals surface area contributed by atoms with Crippen LogP contribution in [-0.4, -0.2) is 29.7 Å². The third-order valence-electron chi connectivity index (χ3n) is 8.11. The van der Waals surface area contributed by atoms with Crippen LogP contribution in [0.3, 0.4) is 0 Å². The molecule has 194 valence electrons. The average molecular weight is 517 g/mol. The minimum atomic E-state index is -0.717. The first kappa shape index (κ1) is 25.7. The molecule has 4 nitrogen and oxygen atoms in total. The first-order chi connectivity index (χ1) is 17.8. The molecule has 2 aliphatic rings. The molecule has 5 heteroatoms. The van der Waals surface area contributed by atoms with Crippen LogP contribution < -0.4 is 9.47 Å². The van der Waals surface area contributed by atoms with Crippen LogP contribution in [0.25, 0.3) is 11.1 Å².